The van der Waals surface area contributed by atoms with Crippen LogP contribution in [0.4, 0.5) is 35.1 Å². The SMILES string of the molecule is O=S(=O)(c1ccc(F)cc1)[C@@]12CCN(CC3CCOC3)[C@@H]1CCc1cc(C(F)(C(F)(F)F)C(F)(F)F)ccc12. The molecular formula is C26H25F8NO3S. The van der Waals surface area contributed by atoms with E-state index >= 15 is 0 Å². The van der Waals surface area contributed by atoms with E-state index in [2.05, 4.69) is 0 Å². The van der Waals surface area contributed by atoms with Crippen LogP contribution >= 0.6 is 0 Å². The van der Waals surface area contributed by atoms with Crippen molar-refractivity contribution in [2.24, 2.45) is 5.92 Å². The first-order valence-electron chi connectivity index (χ1n) is 12.4. The molecule has 0 saturated carbocycles. The molecule has 0 N–H and O–H groups in total. The van der Waals surface area contributed by atoms with Gasteiger partial charge in [-0.25, -0.2) is 17.2 Å². The molecule has 2 aliphatic heterocycles. The fraction of sp³-hybridized carbons (Fsp3) is 0.538. The largest absolute Gasteiger partial charge is 0.435 e. The van der Waals surface area contributed by atoms with Crippen molar-refractivity contribution < 1.29 is 48.3 Å². The number of hydrogen-bond donors (Lipinski definition) is 0. The van der Waals surface area contributed by atoms with Gasteiger partial charge in [0, 0.05) is 31.3 Å². The van der Waals surface area contributed by atoms with Crippen LogP contribution in [0.1, 0.15) is 36.0 Å². The van der Waals surface area contributed by atoms with E-state index in [9.17, 15) is 43.5 Å². The summed E-state index contributed by atoms with van der Waals surface area (Å²) in [4.78, 5) is 1.77. The zero-order chi connectivity index (χ0) is 28.4. The average molecular weight is 584 g/mol. The zero-order valence-corrected chi connectivity index (χ0v) is 21.3. The molecular weight excluding hydrogens is 558 g/mol. The molecule has 2 fully saturated rings. The number of aryl methyl sites for hydroxylation is 1. The lowest BCUT2D eigenvalue weighted by molar-refractivity contribution is -0.348. The number of fused-ring (bicyclic) bond motifs is 3. The minimum atomic E-state index is -6.29. The maximum Gasteiger partial charge on any atom is 0.435 e. The average Bonchev–Trinajstić information content (AvgIpc) is 3.51. The number of nitrogens with zero attached hydrogens (tertiary/aromatic N) is 1. The van der Waals surface area contributed by atoms with Crippen molar-refractivity contribution in [2.45, 2.75) is 59.4 Å². The predicted molar refractivity (Wildman–Crippen MR) is 124 cm³/mol. The number of halogens is 8. The summed E-state index contributed by atoms with van der Waals surface area (Å²) in [5.41, 5.74) is -7.31. The third-order valence-corrected chi connectivity index (χ3v) is 10.8. The van der Waals surface area contributed by atoms with Crippen LogP contribution in [0.3, 0.4) is 0 Å². The first-order chi connectivity index (χ1) is 18.1. The second-order valence-electron chi connectivity index (χ2n) is 10.4. The molecule has 2 heterocycles. The molecule has 1 aliphatic carbocycles. The van der Waals surface area contributed by atoms with Gasteiger partial charge in [0.15, 0.2) is 9.84 Å². The molecule has 0 spiro atoms. The summed E-state index contributed by atoms with van der Waals surface area (Å²) in [5.74, 6) is -0.534. The summed E-state index contributed by atoms with van der Waals surface area (Å²) >= 11 is 0. The molecule has 39 heavy (non-hydrogen) atoms. The first-order valence-corrected chi connectivity index (χ1v) is 13.9. The van der Waals surface area contributed by atoms with E-state index in [-0.39, 0.29) is 41.2 Å². The zero-order valence-electron chi connectivity index (χ0n) is 20.5. The maximum atomic E-state index is 14.9. The van der Waals surface area contributed by atoms with Gasteiger partial charge in [-0.15, -0.1) is 0 Å². The van der Waals surface area contributed by atoms with Crippen molar-refractivity contribution in [1.29, 1.82) is 0 Å². The molecule has 3 atom stereocenters. The second kappa shape index (κ2) is 9.41. The summed E-state index contributed by atoms with van der Waals surface area (Å²) in [6, 6.07) is 5.26. The van der Waals surface area contributed by atoms with E-state index in [0.29, 0.717) is 38.4 Å². The van der Waals surface area contributed by atoms with Gasteiger partial charge in [-0.3, -0.25) is 4.90 Å². The molecule has 2 aromatic rings. The van der Waals surface area contributed by atoms with Gasteiger partial charge in [0.05, 0.1) is 11.5 Å². The van der Waals surface area contributed by atoms with Crippen LogP contribution in [0.15, 0.2) is 47.4 Å². The second-order valence-corrected chi connectivity index (χ2v) is 12.6. The molecule has 4 nitrogen and oxygen atoms in total. The molecule has 214 valence electrons. The van der Waals surface area contributed by atoms with Crippen LogP contribution < -0.4 is 0 Å². The fourth-order valence-corrected chi connectivity index (χ4v) is 8.81. The van der Waals surface area contributed by atoms with E-state index in [0.717, 1.165) is 36.8 Å². The molecule has 13 heteroatoms. The Morgan fingerprint density at radius 2 is 1.62 bits per heavy atom. The number of hydrogen-bond acceptors (Lipinski definition) is 4. The van der Waals surface area contributed by atoms with Crippen molar-refractivity contribution in [3.8, 4) is 0 Å². The molecule has 2 saturated heterocycles. The van der Waals surface area contributed by atoms with Crippen LogP contribution in [0.2, 0.25) is 0 Å². The highest BCUT2D eigenvalue weighted by molar-refractivity contribution is 7.92. The molecule has 3 aliphatic rings. The predicted octanol–water partition coefficient (Wildman–Crippen LogP) is 5.84. The van der Waals surface area contributed by atoms with Crippen LogP contribution in [0.5, 0.6) is 0 Å². The standard InChI is InChI=1S/C26H25F8NO3S/c27-19-3-5-20(6-4-19)39(36,37)23-10-11-35(14-16-9-12-38-15-16)22(23)8-1-17-13-18(2-7-21(17)23)24(28,25(29,30)31)26(32,33)34/h2-7,13,16,22H,1,8-12,14-15H2/t16?,22-,23-/m1/s1. The van der Waals surface area contributed by atoms with E-state index < -0.39 is 50.0 Å². The van der Waals surface area contributed by atoms with Crippen molar-refractivity contribution >= 4 is 9.84 Å². The normalized spacial score (nSPS) is 26.5. The van der Waals surface area contributed by atoms with Crippen LogP contribution in [-0.4, -0.2) is 58.0 Å². The van der Waals surface area contributed by atoms with Crippen molar-refractivity contribution in [2.75, 3.05) is 26.3 Å². The van der Waals surface area contributed by atoms with Gasteiger partial charge in [0.2, 0.25) is 0 Å². The third kappa shape index (κ3) is 4.26. The maximum absolute atomic E-state index is 14.9. The van der Waals surface area contributed by atoms with Gasteiger partial charge < -0.3 is 4.74 Å². The Morgan fingerprint density at radius 1 is 0.949 bits per heavy atom. The Hall–Kier alpha value is -2.25. The lowest BCUT2D eigenvalue weighted by Gasteiger charge is -2.43. The topological polar surface area (TPSA) is 46.6 Å². The molecule has 0 bridgehead atoms. The van der Waals surface area contributed by atoms with Gasteiger partial charge >= 0.3 is 18.0 Å². The summed E-state index contributed by atoms with van der Waals surface area (Å²) in [6.45, 7) is 1.88. The lowest BCUT2D eigenvalue weighted by Crippen LogP contribution is -2.52. The molecule has 0 radical (unpaired) electrons. The van der Waals surface area contributed by atoms with Crippen LogP contribution in [-0.2, 0) is 31.4 Å². The number of alkyl halides is 7. The Balaban J connectivity index is 1.66. The van der Waals surface area contributed by atoms with Crippen molar-refractivity contribution in [3.05, 3.63) is 65.0 Å². The summed E-state index contributed by atoms with van der Waals surface area (Å²) in [5, 5.41) is 0. The fourth-order valence-electron chi connectivity index (χ4n) is 6.42. The highest BCUT2D eigenvalue weighted by Gasteiger charge is 2.73. The number of ether oxygens (including phenoxy) is 1. The number of rotatable bonds is 5. The summed E-state index contributed by atoms with van der Waals surface area (Å²) in [6.07, 6.45) is -11.7. The Bertz CT molecular complexity index is 1320. The Labute approximate surface area is 219 Å². The minimum Gasteiger partial charge on any atom is -0.381 e. The van der Waals surface area contributed by atoms with Crippen LogP contribution in [0.25, 0.3) is 0 Å². The Morgan fingerprint density at radius 3 is 2.21 bits per heavy atom. The van der Waals surface area contributed by atoms with E-state index in [4.69, 9.17) is 4.74 Å². The van der Waals surface area contributed by atoms with E-state index in [1.54, 1.807) is 0 Å². The van der Waals surface area contributed by atoms with Crippen molar-refractivity contribution in [3.63, 3.8) is 0 Å². The smallest absolute Gasteiger partial charge is 0.381 e. The lowest BCUT2D eigenvalue weighted by atomic mass is 9.76. The van der Waals surface area contributed by atoms with Gasteiger partial charge in [-0.05, 0) is 67.0 Å². The molecule has 2 aromatic carbocycles. The molecule has 0 aromatic heterocycles. The van der Waals surface area contributed by atoms with E-state index in [1.807, 2.05) is 4.90 Å². The van der Waals surface area contributed by atoms with Gasteiger partial charge in [0.1, 0.15) is 10.6 Å². The number of likely N-dealkylation sites (tertiary alicyclic amines) is 1. The highest BCUT2D eigenvalue weighted by Crippen LogP contribution is 2.56. The molecule has 5 rings (SSSR count). The Kier molecular flexibility index (Phi) is 6.82. The number of sulfone groups is 1. The van der Waals surface area contributed by atoms with Gasteiger partial charge in [-0.1, -0.05) is 18.2 Å². The van der Waals surface area contributed by atoms with Gasteiger partial charge in [0.25, 0.3) is 0 Å². The van der Waals surface area contributed by atoms with Crippen molar-refractivity contribution in [1.82, 2.24) is 4.90 Å². The quantitative estimate of drug-likeness (QED) is 0.328. The van der Waals surface area contributed by atoms with E-state index in [1.165, 1.54) is 0 Å². The summed E-state index contributed by atoms with van der Waals surface area (Å²) in [7, 11) is -4.34. The highest BCUT2D eigenvalue weighted by atomic mass is 32.2. The molecule has 0 amide bonds. The summed E-state index contributed by atoms with van der Waals surface area (Å²) < 4.78 is 141. The monoisotopic (exact) mass is 583 g/mol. The van der Waals surface area contributed by atoms with Gasteiger partial charge in [-0.2, -0.15) is 26.3 Å². The number of benzene rings is 2. The van der Waals surface area contributed by atoms with Crippen LogP contribution in [0, 0.1) is 11.7 Å². The minimum absolute atomic E-state index is 0.0105. The third-order valence-electron chi connectivity index (χ3n) is 8.30. The first kappa shape index (κ1) is 28.3. The molecule has 1 unspecified atom stereocenters.